The molecule has 0 bridgehead atoms. The maximum atomic E-state index is 11.7. The molecule has 1 heterocycles. The van der Waals surface area contributed by atoms with Crippen LogP contribution >= 0.6 is 0 Å². The number of aromatic nitrogens is 2. The van der Waals surface area contributed by atoms with E-state index in [1.165, 1.54) is 18.6 Å². The molecule has 0 aromatic carbocycles. The highest BCUT2D eigenvalue weighted by Gasteiger charge is 2.16. The van der Waals surface area contributed by atoms with Crippen LogP contribution in [-0.2, 0) is 4.79 Å². The molecule has 1 atom stereocenters. The number of carboxylic acid groups (broad SMARTS) is 1. The summed E-state index contributed by atoms with van der Waals surface area (Å²) in [6, 6.07) is -0.369. The minimum Gasteiger partial charge on any atom is -0.481 e. The first-order valence-corrected chi connectivity index (χ1v) is 5.42. The molecule has 0 fully saturated rings. The summed E-state index contributed by atoms with van der Waals surface area (Å²) >= 11 is 0. The SMILES string of the molecule is CCCC(CC(=O)O)NC(=O)c1cnccn1. The van der Waals surface area contributed by atoms with Crippen molar-refractivity contribution < 1.29 is 14.7 Å². The van der Waals surface area contributed by atoms with Crippen LogP contribution in [0.15, 0.2) is 18.6 Å². The molecule has 6 heteroatoms. The van der Waals surface area contributed by atoms with E-state index in [-0.39, 0.29) is 18.2 Å². The monoisotopic (exact) mass is 237 g/mol. The summed E-state index contributed by atoms with van der Waals surface area (Å²) in [4.78, 5) is 30.0. The number of hydrogen-bond acceptors (Lipinski definition) is 4. The van der Waals surface area contributed by atoms with Crippen molar-refractivity contribution in [3.63, 3.8) is 0 Å². The standard InChI is InChI=1S/C11H15N3O3/c1-2-3-8(6-10(15)16)14-11(17)9-7-12-4-5-13-9/h4-5,7-8H,2-3,6H2,1H3,(H,14,17)(H,15,16). The summed E-state index contributed by atoms with van der Waals surface area (Å²) in [5, 5.41) is 11.4. The zero-order valence-electron chi connectivity index (χ0n) is 9.59. The van der Waals surface area contributed by atoms with Crippen molar-refractivity contribution in [3.05, 3.63) is 24.3 Å². The lowest BCUT2D eigenvalue weighted by Crippen LogP contribution is -2.36. The quantitative estimate of drug-likeness (QED) is 0.765. The first-order valence-electron chi connectivity index (χ1n) is 5.42. The fourth-order valence-electron chi connectivity index (χ4n) is 1.46. The Hall–Kier alpha value is -1.98. The van der Waals surface area contributed by atoms with Crippen molar-refractivity contribution in [1.82, 2.24) is 15.3 Å². The molecular weight excluding hydrogens is 222 g/mol. The van der Waals surface area contributed by atoms with Gasteiger partial charge < -0.3 is 10.4 Å². The van der Waals surface area contributed by atoms with Gasteiger partial charge in [-0.2, -0.15) is 0 Å². The number of nitrogens with zero attached hydrogens (tertiary/aromatic N) is 2. The number of hydrogen-bond donors (Lipinski definition) is 2. The third-order valence-corrected chi connectivity index (χ3v) is 2.19. The average molecular weight is 237 g/mol. The molecule has 1 aromatic rings. The highest BCUT2D eigenvalue weighted by molar-refractivity contribution is 5.92. The van der Waals surface area contributed by atoms with Crippen molar-refractivity contribution in [2.75, 3.05) is 0 Å². The molecule has 0 radical (unpaired) electrons. The van der Waals surface area contributed by atoms with Gasteiger partial charge in [0.1, 0.15) is 5.69 Å². The summed E-state index contributed by atoms with van der Waals surface area (Å²) in [6.45, 7) is 1.93. The Morgan fingerprint density at radius 1 is 1.47 bits per heavy atom. The second-order valence-electron chi connectivity index (χ2n) is 3.65. The van der Waals surface area contributed by atoms with Gasteiger partial charge in [-0.15, -0.1) is 0 Å². The van der Waals surface area contributed by atoms with Gasteiger partial charge in [0.25, 0.3) is 5.91 Å². The summed E-state index contributed by atoms with van der Waals surface area (Å²) < 4.78 is 0. The molecule has 0 spiro atoms. The first-order chi connectivity index (χ1) is 8.13. The van der Waals surface area contributed by atoms with E-state index < -0.39 is 11.9 Å². The molecule has 2 N–H and O–H groups in total. The van der Waals surface area contributed by atoms with E-state index in [0.717, 1.165) is 6.42 Å². The number of carbonyl (C=O) groups is 2. The topological polar surface area (TPSA) is 92.2 Å². The van der Waals surface area contributed by atoms with Gasteiger partial charge >= 0.3 is 5.97 Å². The van der Waals surface area contributed by atoms with Gasteiger partial charge in [-0.25, -0.2) is 4.98 Å². The van der Waals surface area contributed by atoms with Crippen molar-refractivity contribution in [3.8, 4) is 0 Å². The summed E-state index contributed by atoms with van der Waals surface area (Å²) in [5.74, 6) is -1.32. The fourth-order valence-corrected chi connectivity index (χ4v) is 1.46. The van der Waals surface area contributed by atoms with Gasteiger partial charge in [0.05, 0.1) is 12.6 Å². The third kappa shape index (κ3) is 4.58. The maximum Gasteiger partial charge on any atom is 0.305 e. The predicted octanol–water partition coefficient (Wildman–Crippen LogP) is 0.850. The normalized spacial score (nSPS) is 11.8. The molecule has 0 aliphatic carbocycles. The Labute approximate surface area is 99.1 Å². The second kappa shape index (κ2) is 6.57. The second-order valence-corrected chi connectivity index (χ2v) is 3.65. The van der Waals surface area contributed by atoms with Crippen LogP contribution in [0.4, 0.5) is 0 Å². The zero-order chi connectivity index (χ0) is 12.7. The number of nitrogens with one attached hydrogen (secondary N) is 1. The third-order valence-electron chi connectivity index (χ3n) is 2.19. The Bertz CT molecular complexity index is 381. The molecule has 1 rings (SSSR count). The summed E-state index contributed by atoms with van der Waals surface area (Å²) in [6.07, 6.45) is 5.58. The van der Waals surface area contributed by atoms with Crippen LogP contribution in [0, 0.1) is 0 Å². The Morgan fingerprint density at radius 2 is 2.24 bits per heavy atom. The maximum absolute atomic E-state index is 11.7. The smallest absolute Gasteiger partial charge is 0.305 e. The molecule has 0 saturated carbocycles. The number of amides is 1. The van der Waals surface area contributed by atoms with Crippen LogP contribution < -0.4 is 5.32 Å². The van der Waals surface area contributed by atoms with Gasteiger partial charge in [-0.1, -0.05) is 13.3 Å². The highest BCUT2D eigenvalue weighted by Crippen LogP contribution is 2.03. The Morgan fingerprint density at radius 3 is 2.76 bits per heavy atom. The van der Waals surface area contributed by atoms with Gasteiger partial charge in [0.15, 0.2) is 0 Å². The van der Waals surface area contributed by atoms with E-state index in [1.54, 1.807) is 0 Å². The molecule has 17 heavy (non-hydrogen) atoms. The summed E-state index contributed by atoms with van der Waals surface area (Å²) in [5.41, 5.74) is 0.194. The zero-order valence-corrected chi connectivity index (χ0v) is 9.59. The van der Waals surface area contributed by atoms with Gasteiger partial charge in [-0.3, -0.25) is 14.6 Å². The van der Waals surface area contributed by atoms with Crippen molar-refractivity contribution >= 4 is 11.9 Å². The lowest BCUT2D eigenvalue weighted by molar-refractivity contribution is -0.137. The number of carboxylic acids is 1. The summed E-state index contributed by atoms with van der Waals surface area (Å²) in [7, 11) is 0. The van der Waals surface area contributed by atoms with Crippen LogP contribution in [0.2, 0.25) is 0 Å². The molecular formula is C11H15N3O3. The van der Waals surface area contributed by atoms with Crippen LogP contribution in [0.25, 0.3) is 0 Å². The van der Waals surface area contributed by atoms with Crippen LogP contribution in [0.3, 0.4) is 0 Å². The molecule has 1 unspecified atom stereocenters. The molecule has 0 aliphatic heterocycles. The molecule has 1 amide bonds. The van der Waals surface area contributed by atoms with Crippen LogP contribution in [0.5, 0.6) is 0 Å². The van der Waals surface area contributed by atoms with E-state index in [9.17, 15) is 9.59 Å². The van der Waals surface area contributed by atoms with E-state index in [2.05, 4.69) is 15.3 Å². The minimum atomic E-state index is -0.928. The lowest BCUT2D eigenvalue weighted by Gasteiger charge is -2.15. The fraction of sp³-hybridized carbons (Fsp3) is 0.455. The number of carbonyl (C=O) groups excluding carboxylic acids is 1. The predicted molar refractivity (Wildman–Crippen MR) is 60.4 cm³/mol. The van der Waals surface area contributed by atoms with E-state index in [1.807, 2.05) is 6.92 Å². The van der Waals surface area contributed by atoms with Crippen molar-refractivity contribution in [2.45, 2.75) is 32.2 Å². The van der Waals surface area contributed by atoms with Gasteiger partial charge in [0.2, 0.25) is 0 Å². The Kier molecular flexibility index (Phi) is 5.06. The molecule has 6 nitrogen and oxygen atoms in total. The van der Waals surface area contributed by atoms with Gasteiger partial charge in [0, 0.05) is 18.4 Å². The van der Waals surface area contributed by atoms with Gasteiger partial charge in [-0.05, 0) is 6.42 Å². The number of aliphatic carboxylic acids is 1. The molecule has 1 aromatic heterocycles. The van der Waals surface area contributed by atoms with E-state index in [0.29, 0.717) is 6.42 Å². The van der Waals surface area contributed by atoms with E-state index in [4.69, 9.17) is 5.11 Å². The molecule has 0 aliphatic rings. The molecule has 92 valence electrons. The average Bonchev–Trinajstić information content (AvgIpc) is 2.29. The number of rotatable bonds is 6. The first kappa shape index (κ1) is 13.1. The van der Waals surface area contributed by atoms with Crippen LogP contribution in [-0.4, -0.2) is 33.0 Å². The van der Waals surface area contributed by atoms with Crippen molar-refractivity contribution in [1.29, 1.82) is 0 Å². The Balaban J connectivity index is 2.60. The molecule has 0 saturated heterocycles. The lowest BCUT2D eigenvalue weighted by atomic mass is 10.1. The minimum absolute atomic E-state index is 0.0835. The van der Waals surface area contributed by atoms with Crippen molar-refractivity contribution in [2.24, 2.45) is 0 Å². The van der Waals surface area contributed by atoms with Crippen LogP contribution in [0.1, 0.15) is 36.7 Å². The van der Waals surface area contributed by atoms with E-state index >= 15 is 0 Å². The highest BCUT2D eigenvalue weighted by atomic mass is 16.4. The largest absolute Gasteiger partial charge is 0.481 e.